The maximum absolute atomic E-state index is 12.4. The van der Waals surface area contributed by atoms with Gasteiger partial charge in [-0.2, -0.15) is 0 Å². The van der Waals surface area contributed by atoms with E-state index in [1.54, 1.807) is 0 Å². The van der Waals surface area contributed by atoms with Crippen molar-refractivity contribution in [1.82, 2.24) is 10.2 Å². The molecule has 0 unspecified atom stereocenters. The van der Waals surface area contributed by atoms with E-state index in [-0.39, 0.29) is 12.3 Å². The Hall–Kier alpha value is -1.38. The number of carbonyl (C=O) groups is 3. The van der Waals surface area contributed by atoms with Crippen LogP contribution in [0.3, 0.4) is 0 Å². The Morgan fingerprint density at radius 3 is 2.30 bits per heavy atom. The van der Waals surface area contributed by atoms with Gasteiger partial charge in [0.25, 0.3) is 0 Å². The normalized spacial score (nSPS) is 36.4. The molecule has 2 aliphatic rings. The molecule has 0 spiro atoms. The monoisotopic (exact) mass is 348 g/mol. The van der Waals surface area contributed by atoms with E-state index in [0.717, 1.165) is 0 Å². The minimum atomic E-state index is -1.77. The van der Waals surface area contributed by atoms with Gasteiger partial charge in [0.1, 0.15) is 11.6 Å². The standard InChI is InChI=1S/C14H21ClN2O6/c1-5(2)3-6(17-15)11(19)16-14(13(22)23)4-7(18)8-9(10(8)14)12(20)21/h5-10,17-18H,3-4H2,1-2H3,(H,16,19)(H,20,21)(H,22,23)/t6-,7-,8-,9-,10-,14-/m0/s1. The number of aliphatic carboxylic acids is 2. The molecule has 0 radical (unpaired) electrons. The number of amides is 1. The van der Waals surface area contributed by atoms with Crippen LogP contribution in [0.15, 0.2) is 0 Å². The Bertz CT molecular complexity index is 527. The number of carboxylic acid groups (broad SMARTS) is 2. The Balaban J connectivity index is 2.21. The highest BCUT2D eigenvalue weighted by molar-refractivity contribution is 6.15. The number of halogens is 1. The van der Waals surface area contributed by atoms with Crippen LogP contribution >= 0.6 is 11.8 Å². The molecule has 0 saturated heterocycles. The SMILES string of the molecule is CC(C)C[C@H](NCl)C(=O)N[C@@]1(C(=O)O)C[C@H](O)[C@H]2[C@H](C(=O)O)[C@H]21. The zero-order chi connectivity index (χ0) is 17.5. The summed E-state index contributed by atoms with van der Waals surface area (Å²) >= 11 is 5.57. The molecule has 0 heterocycles. The molecule has 5 N–H and O–H groups in total. The summed E-state index contributed by atoms with van der Waals surface area (Å²) in [6.45, 7) is 3.77. The lowest BCUT2D eigenvalue weighted by Gasteiger charge is -2.31. The number of rotatable bonds is 7. The maximum Gasteiger partial charge on any atom is 0.329 e. The van der Waals surface area contributed by atoms with Gasteiger partial charge in [0.05, 0.1) is 12.0 Å². The van der Waals surface area contributed by atoms with Crippen LogP contribution in [-0.2, 0) is 14.4 Å². The fourth-order valence-electron chi connectivity index (χ4n) is 3.77. The molecule has 6 atom stereocenters. The second-order valence-corrected chi connectivity index (χ2v) is 7.01. The summed E-state index contributed by atoms with van der Waals surface area (Å²) in [6, 6.07) is -0.800. The maximum atomic E-state index is 12.4. The van der Waals surface area contributed by atoms with Crippen LogP contribution < -0.4 is 10.2 Å². The first-order chi connectivity index (χ1) is 10.7. The molecule has 9 heteroatoms. The molecule has 2 saturated carbocycles. The summed E-state index contributed by atoms with van der Waals surface area (Å²) < 4.78 is 0. The third kappa shape index (κ3) is 3.02. The first-order valence-corrected chi connectivity index (χ1v) is 7.86. The molecule has 2 rings (SSSR count). The van der Waals surface area contributed by atoms with Gasteiger partial charge in [-0.3, -0.25) is 9.59 Å². The van der Waals surface area contributed by atoms with Gasteiger partial charge in [-0.15, -0.1) is 0 Å². The first-order valence-electron chi connectivity index (χ1n) is 7.48. The van der Waals surface area contributed by atoms with E-state index in [1.807, 2.05) is 13.8 Å². The predicted molar refractivity (Wildman–Crippen MR) is 79.5 cm³/mol. The zero-order valence-corrected chi connectivity index (χ0v) is 13.6. The van der Waals surface area contributed by atoms with Crippen molar-refractivity contribution in [3.8, 4) is 0 Å². The van der Waals surface area contributed by atoms with Crippen LogP contribution in [0.5, 0.6) is 0 Å². The van der Waals surface area contributed by atoms with Crippen LogP contribution in [-0.4, -0.2) is 50.9 Å². The summed E-state index contributed by atoms with van der Waals surface area (Å²) in [5.74, 6) is -5.37. The minimum Gasteiger partial charge on any atom is -0.481 e. The van der Waals surface area contributed by atoms with Gasteiger partial charge in [0.15, 0.2) is 0 Å². The van der Waals surface area contributed by atoms with Gasteiger partial charge in [-0.05, 0) is 24.1 Å². The molecule has 130 valence electrons. The smallest absolute Gasteiger partial charge is 0.329 e. The molecule has 2 fully saturated rings. The minimum absolute atomic E-state index is 0.146. The van der Waals surface area contributed by atoms with Crippen molar-refractivity contribution in [2.24, 2.45) is 23.7 Å². The fraction of sp³-hybridized carbons (Fsp3) is 0.786. The van der Waals surface area contributed by atoms with E-state index >= 15 is 0 Å². The molecule has 1 amide bonds. The number of hydrogen-bond acceptors (Lipinski definition) is 5. The van der Waals surface area contributed by atoms with Crippen LogP contribution in [0.25, 0.3) is 0 Å². The molecule has 0 aliphatic heterocycles. The summed E-state index contributed by atoms with van der Waals surface area (Å²) in [5, 5.41) is 31.2. The third-order valence-corrected chi connectivity index (χ3v) is 5.05. The van der Waals surface area contributed by atoms with Gasteiger partial charge >= 0.3 is 11.9 Å². The average Bonchev–Trinajstić information content (AvgIpc) is 3.13. The van der Waals surface area contributed by atoms with Crippen LogP contribution in [0.2, 0.25) is 0 Å². The number of carbonyl (C=O) groups excluding carboxylic acids is 1. The predicted octanol–water partition coefficient (Wildman–Crippen LogP) is -0.204. The topological polar surface area (TPSA) is 136 Å². The van der Waals surface area contributed by atoms with Crippen molar-refractivity contribution in [2.45, 2.75) is 44.4 Å². The van der Waals surface area contributed by atoms with Gasteiger partial charge in [-0.1, -0.05) is 13.8 Å². The van der Waals surface area contributed by atoms with Crippen molar-refractivity contribution in [3.05, 3.63) is 0 Å². The summed E-state index contributed by atoms with van der Waals surface area (Å²) in [7, 11) is 0. The molecule has 0 bridgehead atoms. The van der Waals surface area contributed by atoms with Crippen LogP contribution in [0, 0.1) is 23.7 Å². The number of aliphatic hydroxyl groups excluding tert-OH is 1. The molecular weight excluding hydrogens is 328 g/mol. The number of fused-ring (bicyclic) bond motifs is 1. The first kappa shape index (κ1) is 18.0. The molecule has 23 heavy (non-hydrogen) atoms. The largest absolute Gasteiger partial charge is 0.481 e. The Kier molecular flexibility index (Phi) is 4.89. The Morgan fingerprint density at radius 2 is 1.91 bits per heavy atom. The summed E-state index contributed by atoms with van der Waals surface area (Å²) in [4.78, 5) is 37.7. The molecule has 8 nitrogen and oxygen atoms in total. The van der Waals surface area contributed by atoms with E-state index < -0.39 is 53.3 Å². The van der Waals surface area contributed by atoms with Crippen LogP contribution in [0.4, 0.5) is 0 Å². The van der Waals surface area contributed by atoms with E-state index in [4.69, 9.17) is 16.9 Å². The third-order valence-electron chi connectivity index (χ3n) is 4.79. The summed E-state index contributed by atoms with van der Waals surface area (Å²) in [6.07, 6.45) is -0.876. The van der Waals surface area contributed by atoms with E-state index in [1.165, 1.54) is 0 Å². The van der Waals surface area contributed by atoms with Crippen molar-refractivity contribution < 1.29 is 29.7 Å². The molecule has 2 aliphatic carbocycles. The highest BCUT2D eigenvalue weighted by Gasteiger charge is 2.75. The van der Waals surface area contributed by atoms with Crippen molar-refractivity contribution in [3.63, 3.8) is 0 Å². The lowest BCUT2D eigenvalue weighted by Crippen LogP contribution is -2.60. The van der Waals surface area contributed by atoms with Gasteiger partial charge in [0, 0.05) is 18.3 Å². The second kappa shape index (κ2) is 6.26. The summed E-state index contributed by atoms with van der Waals surface area (Å²) in [5.41, 5.74) is -1.77. The Morgan fingerprint density at radius 1 is 1.30 bits per heavy atom. The quantitative estimate of drug-likeness (QED) is 0.402. The van der Waals surface area contributed by atoms with Gasteiger partial charge in [0.2, 0.25) is 5.91 Å². The molecule has 0 aromatic carbocycles. The second-order valence-electron chi connectivity index (χ2n) is 6.80. The number of aliphatic hydroxyl groups is 1. The van der Waals surface area contributed by atoms with Crippen LogP contribution in [0.1, 0.15) is 26.7 Å². The van der Waals surface area contributed by atoms with E-state index in [2.05, 4.69) is 10.2 Å². The zero-order valence-electron chi connectivity index (χ0n) is 12.8. The van der Waals surface area contributed by atoms with Gasteiger partial charge in [-0.25, -0.2) is 9.63 Å². The average molecular weight is 349 g/mol. The Labute approximate surface area is 138 Å². The molecule has 0 aromatic rings. The van der Waals surface area contributed by atoms with E-state index in [9.17, 15) is 24.6 Å². The van der Waals surface area contributed by atoms with E-state index in [0.29, 0.717) is 6.42 Å². The van der Waals surface area contributed by atoms with Gasteiger partial charge < -0.3 is 20.6 Å². The lowest BCUT2D eigenvalue weighted by atomic mass is 9.88. The number of nitrogens with one attached hydrogen (secondary N) is 2. The number of hydrogen-bond donors (Lipinski definition) is 5. The van der Waals surface area contributed by atoms with Crippen molar-refractivity contribution >= 4 is 29.6 Å². The number of carboxylic acids is 2. The molecule has 0 aromatic heterocycles. The fourth-order valence-corrected chi connectivity index (χ4v) is 3.95. The highest BCUT2D eigenvalue weighted by atomic mass is 35.5. The van der Waals surface area contributed by atoms with Crippen molar-refractivity contribution in [2.75, 3.05) is 0 Å². The van der Waals surface area contributed by atoms with Crippen molar-refractivity contribution in [1.29, 1.82) is 0 Å². The highest BCUT2D eigenvalue weighted by Crippen LogP contribution is 2.62. The lowest BCUT2D eigenvalue weighted by molar-refractivity contribution is -0.151. The molecular formula is C14H21ClN2O6.